The van der Waals surface area contributed by atoms with Crippen LogP contribution in [0.4, 0.5) is 0 Å². The zero-order valence-electron chi connectivity index (χ0n) is 15.9. The maximum absolute atomic E-state index is 12.5. The van der Waals surface area contributed by atoms with Gasteiger partial charge in [0.25, 0.3) is 5.91 Å². The zero-order chi connectivity index (χ0) is 19.6. The lowest BCUT2D eigenvalue weighted by Gasteiger charge is -2.20. The number of rotatable bonds is 6. The maximum atomic E-state index is 12.5. The van der Waals surface area contributed by atoms with Gasteiger partial charge < -0.3 is 15.0 Å². The summed E-state index contributed by atoms with van der Waals surface area (Å²) in [4.78, 5) is 26.5. The Balaban J connectivity index is 1.62. The van der Waals surface area contributed by atoms with E-state index < -0.39 is 0 Å². The summed E-state index contributed by atoms with van der Waals surface area (Å²) < 4.78 is 5.39. The quantitative estimate of drug-likeness (QED) is 0.850. The van der Waals surface area contributed by atoms with Crippen molar-refractivity contribution in [2.75, 3.05) is 13.7 Å². The molecular formula is C22H24N2O3. The summed E-state index contributed by atoms with van der Waals surface area (Å²) in [6.45, 7) is 8.23. The lowest BCUT2D eigenvalue weighted by Crippen LogP contribution is -2.32. The molecule has 0 spiro atoms. The largest absolute Gasteiger partial charge is 0.496 e. The number of hydrogen-bond donors (Lipinski definition) is 1. The van der Waals surface area contributed by atoms with E-state index in [1.807, 2.05) is 50.2 Å². The molecule has 1 atom stereocenters. The first-order chi connectivity index (χ1) is 12.9. The number of amides is 2. The molecule has 0 aliphatic carbocycles. The Kier molecular flexibility index (Phi) is 5.31. The molecule has 2 aromatic rings. The van der Waals surface area contributed by atoms with Gasteiger partial charge in [-0.3, -0.25) is 9.59 Å². The van der Waals surface area contributed by atoms with Gasteiger partial charge in [-0.25, -0.2) is 0 Å². The van der Waals surface area contributed by atoms with Crippen molar-refractivity contribution in [1.82, 2.24) is 10.2 Å². The molecule has 2 aromatic carbocycles. The van der Waals surface area contributed by atoms with Crippen molar-refractivity contribution in [3.8, 4) is 5.75 Å². The fraction of sp³-hybridized carbons (Fsp3) is 0.273. The van der Waals surface area contributed by atoms with Crippen LogP contribution in [0.1, 0.15) is 46.4 Å². The van der Waals surface area contributed by atoms with Crippen LogP contribution in [0.3, 0.4) is 0 Å². The van der Waals surface area contributed by atoms with E-state index in [-0.39, 0.29) is 24.3 Å². The van der Waals surface area contributed by atoms with Gasteiger partial charge in [-0.2, -0.15) is 0 Å². The summed E-state index contributed by atoms with van der Waals surface area (Å²) in [5.74, 6) is 0.520. The van der Waals surface area contributed by atoms with Crippen LogP contribution in [0.5, 0.6) is 5.75 Å². The van der Waals surface area contributed by atoms with Gasteiger partial charge in [0.15, 0.2) is 0 Å². The number of benzene rings is 2. The minimum absolute atomic E-state index is 0.100. The second-order valence-electron chi connectivity index (χ2n) is 6.73. The van der Waals surface area contributed by atoms with E-state index in [2.05, 4.69) is 11.9 Å². The monoisotopic (exact) mass is 364 g/mol. The molecule has 2 amide bonds. The summed E-state index contributed by atoms with van der Waals surface area (Å²) in [7, 11) is 1.62. The molecule has 0 radical (unpaired) electrons. The molecule has 1 unspecified atom stereocenters. The van der Waals surface area contributed by atoms with E-state index in [4.69, 9.17) is 4.74 Å². The highest BCUT2D eigenvalue weighted by atomic mass is 16.5. The van der Waals surface area contributed by atoms with Crippen molar-refractivity contribution in [2.24, 2.45) is 0 Å². The average molecular weight is 364 g/mol. The molecule has 0 bridgehead atoms. The van der Waals surface area contributed by atoms with Gasteiger partial charge in [0, 0.05) is 35.4 Å². The first kappa shape index (κ1) is 18.7. The van der Waals surface area contributed by atoms with Gasteiger partial charge >= 0.3 is 0 Å². The summed E-state index contributed by atoms with van der Waals surface area (Å²) in [6, 6.07) is 13.1. The molecule has 0 fully saturated rings. The van der Waals surface area contributed by atoms with Gasteiger partial charge in [0.05, 0.1) is 13.2 Å². The third kappa shape index (κ3) is 3.72. The summed E-state index contributed by atoms with van der Waals surface area (Å²) in [6.07, 6.45) is 0.206. The van der Waals surface area contributed by atoms with Gasteiger partial charge in [-0.1, -0.05) is 42.5 Å². The van der Waals surface area contributed by atoms with Crippen molar-refractivity contribution in [2.45, 2.75) is 26.3 Å². The molecule has 1 aliphatic heterocycles. The van der Waals surface area contributed by atoms with Crippen molar-refractivity contribution >= 4 is 17.5 Å². The molecule has 27 heavy (non-hydrogen) atoms. The Morgan fingerprint density at radius 3 is 2.59 bits per heavy atom. The fourth-order valence-corrected chi connectivity index (χ4v) is 3.37. The van der Waals surface area contributed by atoms with Crippen LogP contribution in [-0.4, -0.2) is 30.4 Å². The number of nitrogens with zero attached hydrogens (tertiary/aromatic N) is 1. The smallest absolute Gasteiger partial charge is 0.258 e. The van der Waals surface area contributed by atoms with Crippen LogP contribution in [0.25, 0.3) is 5.70 Å². The van der Waals surface area contributed by atoms with Crippen LogP contribution < -0.4 is 10.1 Å². The first-order valence-corrected chi connectivity index (χ1v) is 8.96. The predicted molar refractivity (Wildman–Crippen MR) is 105 cm³/mol. The molecule has 5 nitrogen and oxygen atoms in total. The Labute approximate surface area is 159 Å². The molecule has 5 heteroatoms. The minimum atomic E-state index is -0.193. The number of carbonyl (C=O) groups excluding carboxylic acids is 2. The van der Waals surface area contributed by atoms with Gasteiger partial charge in [-0.15, -0.1) is 0 Å². The second kappa shape index (κ2) is 7.66. The molecule has 140 valence electrons. The van der Waals surface area contributed by atoms with Gasteiger partial charge in [0.2, 0.25) is 5.91 Å². The van der Waals surface area contributed by atoms with Crippen LogP contribution in [0.15, 0.2) is 49.0 Å². The predicted octanol–water partition coefficient (Wildman–Crippen LogP) is 3.70. The SMILES string of the molecule is C=C1c2ccccc2C(=O)N1CCC(=O)NC(C)c1cc(C)ccc1OC. The van der Waals surface area contributed by atoms with E-state index in [0.717, 1.165) is 22.4 Å². The van der Waals surface area contributed by atoms with Crippen LogP contribution >= 0.6 is 0 Å². The fourth-order valence-electron chi connectivity index (χ4n) is 3.37. The van der Waals surface area contributed by atoms with E-state index >= 15 is 0 Å². The average Bonchev–Trinajstić information content (AvgIpc) is 2.91. The number of methoxy groups -OCH3 is 1. The molecule has 0 aromatic heterocycles. The molecule has 1 aliphatic rings. The second-order valence-corrected chi connectivity index (χ2v) is 6.73. The summed E-state index contributed by atoms with van der Waals surface area (Å²) in [5, 5.41) is 2.99. The van der Waals surface area contributed by atoms with Crippen molar-refractivity contribution in [3.63, 3.8) is 0 Å². The summed E-state index contributed by atoms with van der Waals surface area (Å²) in [5.41, 5.74) is 4.15. The molecule has 1 N–H and O–H groups in total. The summed E-state index contributed by atoms with van der Waals surface area (Å²) >= 11 is 0. The van der Waals surface area contributed by atoms with E-state index in [9.17, 15) is 9.59 Å². The lowest BCUT2D eigenvalue weighted by molar-refractivity contribution is -0.121. The first-order valence-electron chi connectivity index (χ1n) is 8.96. The Bertz CT molecular complexity index is 869. The van der Waals surface area contributed by atoms with Gasteiger partial charge in [-0.05, 0) is 26.0 Å². The Morgan fingerprint density at radius 2 is 1.93 bits per heavy atom. The Morgan fingerprint density at radius 1 is 1.22 bits per heavy atom. The number of hydrogen-bond acceptors (Lipinski definition) is 3. The number of aryl methyl sites for hydroxylation is 1. The molecule has 0 saturated heterocycles. The molecule has 1 heterocycles. The number of fused-ring (bicyclic) bond motifs is 1. The normalized spacial score (nSPS) is 14.1. The number of carbonyl (C=O) groups is 2. The highest BCUT2D eigenvalue weighted by molar-refractivity contribution is 6.08. The topological polar surface area (TPSA) is 58.6 Å². The number of ether oxygens (including phenoxy) is 1. The maximum Gasteiger partial charge on any atom is 0.258 e. The van der Waals surface area contributed by atoms with Crippen LogP contribution in [0.2, 0.25) is 0 Å². The standard InChI is InChI=1S/C22H24N2O3/c1-14-9-10-20(27-4)19(13-14)15(2)23-21(25)11-12-24-16(3)17-7-5-6-8-18(17)22(24)26/h5-10,13,15H,3,11-12H2,1-2,4H3,(H,23,25). The van der Waals surface area contributed by atoms with E-state index in [1.165, 1.54) is 0 Å². The number of nitrogens with one attached hydrogen (secondary N) is 1. The molecule has 3 rings (SSSR count). The highest BCUT2D eigenvalue weighted by Crippen LogP contribution is 2.31. The third-order valence-electron chi connectivity index (χ3n) is 4.83. The zero-order valence-corrected chi connectivity index (χ0v) is 15.9. The molecular weight excluding hydrogens is 340 g/mol. The van der Waals surface area contributed by atoms with E-state index in [0.29, 0.717) is 17.8 Å². The highest BCUT2D eigenvalue weighted by Gasteiger charge is 2.30. The van der Waals surface area contributed by atoms with Crippen LogP contribution in [-0.2, 0) is 4.79 Å². The Hall–Kier alpha value is -3.08. The minimum Gasteiger partial charge on any atom is -0.496 e. The lowest BCUT2D eigenvalue weighted by atomic mass is 10.0. The third-order valence-corrected chi connectivity index (χ3v) is 4.83. The molecule has 0 saturated carbocycles. The van der Waals surface area contributed by atoms with Crippen molar-refractivity contribution in [1.29, 1.82) is 0 Å². The van der Waals surface area contributed by atoms with Crippen molar-refractivity contribution in [3.05, 3.63) is 71.3 Å². The van der Waals surface area contributed by atoms with E-state index in [1.54, 1.807) is 18.1 Å². The van der Waals surface area contributed by atoms with Gasteiger partial charge in [0.1, 0.15) is 5.75 Å². The van der Waals surface area contributed by atoms with Crippen LogP contribution in [0, 0.1) is 6.92 Å². The van der Waals surface area contributed by atoms with Crippen molar-refractivity contribution < 1.29 is 14.3 Å².